The van der Waals surface area contributed by atoms with Gasteiger partial charge in [-0.15, -0.1) is 0 Å². The molecule has 19 heteroatoms. The number of benzene rings is 3. The fourth-order valence-corrected chi connectivity index (χ4v) is 9.12. The van der Waals surface area contributed by atoms with Gasteiger partial charge in [-0.25, -0.2) is 15.0 Å². The van der Waals surface area contributed by atoms with E-state index in [1.807, 2.05) is 88.2 Å². The molecule has 6 heterocycles. The highest BCUT2D eigenvalue weighted by Crippen LogP contribution is 2.39. The van der Waals surface area contributed by atoms with Gasteiger partial charge in [0.2, 0.25) is 17.8 Å². The van der Waals surface area contributed by atoms with Crippen molar-refractivity contribution in [2.45, 2.75) is 45.9 Å². The Morgan fingerprint density at radius 1 is 0.971 bits per heavy atom. The normalized spacial score (nSPS) is 15.1. The first-order valence-corrected chi connectivity index (χ1v) is 23.4. The fraction of sp³-hybridized carbons (Fsp3) is 0.327. The molecule has 0 radical (unpaired) electrons. The van der Waals surface area contributed by atoms with Gasteiger partial charge in [0.25, 0.3) is 5.91 Å². The number of carbonyl (C=O) groups is 1. The topological polar surface area (TPSA) is 176 Å². The lowest BCUT2D eigenvalue weighted by Crippen LogP contribution is -2.54. The summed E-state index contributed by atoms with van der Waals surface area (Å²) >= 11 is 3.64. The summed E-state index contributed by atoms with van der Waals surface area (Å²) < 4.78 is 12.5. The molecule has 1 saturated heterocycles. The number of ether oxygens (including phenoxy) is 1. The van der Waals surface area contributed by atoms with E-state index < -0.39 is 0 Å². The molecule has 5 aromatic heterocycles. The van der Waals surface area contributed by atoms with Gasteiger partial charge in [-0.3, -0.25) is 4.79 Å². The number of hydrogen-bond acceptors (Lipinski definition) is 14. The number of halogens is 1. The number of nitrogens with zero attached hydrogens (tertiary/aromatic N) is 12. The molecular formula is C49H57BrN16O2. The summed E-state index contributed by atoms with van der Waals surface area (Å²) in [6.07, 6.45) is 5.52. The molecule has 4 N–H and O–H groups in total. The monoisotopic (exact) mass is 980 g/mol. The van der Waals surface area contributed by atoms with E-state index in [0.29, 0.717) is 58.6 Å². The highest BCUT2D eigenvalue weighted by Gasteiger charge is 2.26. The van der Waals surface area contributed by atoms with Crippen molar-refractivity contribution < 1.29 is 9.53 Å². The van der Waals surface area contributed by atoms with E-state index >= 15 is 0 Å². The van der Waals surface area contributed by atoms with E-state index in [2.05, 4.69) is 105 Å². The van der Waals surface area contributed by atoms with Crippen LogP contribution in [0.3, 0.4) is 0 Å². The average molecular weight is 982 g/mol. The Morgan fingerprint density at radius 3 is 2.54 bits per heavy atom. The van der Waals surface area contributed by atoms with Crippen LogP contribution in [0.5, 0.6) is 5.75 Å². The summed E-state index contributed by atoms with van der Waals surface area (Å²) in [5.41, 5.74) is 8.48. The van der Waals surface area contributed by atoms with Crippen molar-refractivity contribution in [2.75, 3.05) is 80.2 Å². The minimum absolute atomic E-state index is 0.165. The second-order valence-corrected chi connectivity index (χ2v) is 18.7. The Kier molecular flexibility index (Phi) is 13.0. The summed E-state index contributed by atoms with van der Waals surface area (Å²) in [4.78, 5) is 45.3. The van der Waals surface area contributed by atoms with Crippen molar-refractivity contribution in [1.29, 1.82) is 0 Å². The number of para-hydroxylation sites is 1. The number of hydrogen-bond donors (Lipinski definition) is 4. The lowest BCUT2D eigenvalue weighted by molar-refractivity contribution is -0.113. The van der Waals surface area contributed by atoms with Crippen LogP contribution in [0.25, 0.3) is 38.8 Å². The Hall–Kier alpha value is -7.09. The van der Waals surface area contributed by atoms with Crippen LogP contribution < -0.4 is 35.8 Å². The third-order valence-electron chi connectivity index (χ3n) is 12.1. The Bertz CT molecular complexity index is 3170. The van der Waals surface area contributed by atoms with Crippen LogP contribution in [-0.4, -0.2) is 121 Å². The third kappa shape index (κ3) is 9.54. The molecule has 3 aromatic carbocycles. The van der Waals surface area contributed by atoms with Crippen molar-refractivity contribution >= 4 is 84.3 Å². The van der Waals surface area contributed by atoms with Crippen LogP contribution in [0.1, 0.15) is 25.2 Å². The molecule has 1 aliphatic rings. The van der Waals surface area contributed by atoms with Crippen molar-refractivity contribution in [3.05, 3.63) is 107 Å². The smallest absolute Gasteiger partial charge is 0.252 e. The molecule has 1 amide bonds. The van der Waals surface area contributed by atoms with Crippen molar-refractivity contribution in [1.82, 2.24) is 53.9 Å². The van der Waals surface area contributed by atoms with Gasteiger partial charge in [-0.05, 0) is 86.7 Å². The van der Waals surface area contributed by atoms with Gasteiger partial charge in [0.15, 0.2) is 5.65 Å². The second-order valence-electron chi connectivity index (χ2n) is 17.8. The predicted molar refractivity (Wildman–Crippen MR) is 274 cm³/mol. The number of piperazine rings is 1. The summed E-state index contributed by atoms with van der Waals surface area (Å²) in [5, 5.41) is 19.3. The molecule has 9 rings (SSSR count). The molecule has 0 spiro atoms. The molecule has 2 atom stereocenters. The third-order valence-corrected chi connectivity index (χ3v) is 12.7. The standard InChI is InChI=1S/C49H57BrN16O2/c1-29-14-15-41-37(20-29)55-44(24-52-48-60-49(59-45-35(50)23-53-66(45)48)64-26-31(3)54-32(4)27-64)65(41)25-30(2)46(67)56-38-21-39(43(68-9)22-42(38)62(7)19-18-61(5)6)58-47-51-17-16-36(57-47)34-28-63(8)40-13-11-10-12-33(34)40/h10-17,20-23,28,31-32,54H,2,18-19,24-27H2,1,3-9H3,(H,56,67)(H,51,57,58)(H,52,59,60)/t31-,32+. The lowest BCUT2D eigenvalue weighted by Gasteiger charge is -2.36. The van der Waals surface area contributed by atoms with E-state index in [1.165, 1.54) is 0 Å². The number of aryl methyl sites for hydroxylation is 2. The van der Waals surface area contributed by atoms with E-state index in [-0.39, 0.29) is 31.1 Å². The van der Waals surface area contributed by atoms with Gasteiger partial charge < -0.3 is 49.8 Å². The number of likely N-dealkylation sites (N-methyl/N-ethyl adjacent to an activating group) is 2. The summed E-state index contributed by atoms with van der Waals surface area (Å²) in [6.45, 7) is 14.1. The quantitative estimate of drug-likeness (QED) is 0.0714. The first kappa shape index (κ1) is 46.0. The maximum atomic E-state index is 14.5. The number of imidazole rings is 1. The van der Waals surface area contributed by atoms with E-state index in [1.54, 1.807) is 24.0 Å². The number of fused-ring (bicyclic) bond motifs is 3. The number of nitrogens with one attached hydrogen (secondary N) is 4. The maximum absolute atomic E-state index is 14.5. The molecule has 8 aromatic rings. The minimum Gasteiger partial charge on any atom is -0.494 e. The largest absolute Gasteiger partial charge is 0.494 e. The molecule has 18 nitrogen and oxygen atoms in total. The van der Waals surface area contributed by atoms with Gasteiger partial charge in [0.05, 0.1) is 64.7 Å². The van der Waals surface area contributed by atoms with Crippen LogP contribution in [0, 0.1) is 6.92 Å². The van der Waals surface area contributed by atoms with Gasteiger partial charge in [-0.1, -0.05) is 30.8 Å². The first-order chi connectivity index (χ1) is 32.7. The molecule has 1 fully saturated rings. The van der Waals surface area contributed by atoms with Gasteiger partial charge in [-0.2, -0.15) is 19.6 Å². The first-order valence-electron chi connectivity index (χ1n) is 22.6. The Labute approximate surface area is 403 Å². The van der Waals surface area contributed by atoms with Crippen LogP contribution in [-0.2, 0) is 24.9 Å². The molecule has 68 heavy (non-hydrogen) atoms. The summed E-state index contributed by atoms with van der Waals surface area (Å²) in [7, 11) is 9.70. The predicted octanol–water partition coefficient (Wildman–Crippen LogP) is 7.24. The molecule has 0 bridgehead atoms. The molecule has 352 valence electrons. The van der Waals surface area contributed by atoms with Crippen molar-refractivity contribution in [2.24, 2.45) is 7.05 Å². The molecule has 0 aliphatic carbocycles. The minimum atomic E-state index is -0.353. The number of amides is 1. The lowest BCUT2D eigenvalue weighted by atomic mass is 10.1. The summed E-state index contributed by atoms with van der Waals surface area (Å²) in [6, 6.07) is 20.6. The van der Waals surface area contributed by atoms with Crippen molar-refractivity contribution in [3.8, 4) is 17.0 Å². The summed E-state index contributed by atoms with van der Waals surface area (Å²) in [5.74, 6) is 2.39. The maximum Gasteiger partial charge on any atom is 0.252 e. The fourth-order valence-electron chi connectivity index (χ4n) is 8.78. The van der Waals surface area contributed by atoms with E-state index in [4.69, 9.17) is 24.7 Å². The van der Waals surface area contributed by atoms with Crippen LogP contribution in [0.2, 0.25) is 0 Å². The zero-order chi connectivity index (χ0) is 47.8. The second kappa shape index (κ2) is 19.3. The van der Waals surface area contributed by atoms with Crippen LogP contribution >= 0.6 is 15.9 Å². The van der Waals surface area contributed by atoms with Gasteiger partial charge in [0.1, 0.15) is 11.6 Å². The highest BCUT2D eigenvalue weighted by atomic mass is 79.9. The van der Waals surface area contributed by atoms with E-state index in [0.717, 1.165) is 68.6 Å². The average Bonchev–Trinajstić information content (AvgIpc) is 3.98. The van der Waals surface area contributed by atoms with Gasteiger partial charge >= 0.3 is 0 Å². The van der Waals surface area contributed by atoms with Crippen molar-refractivity contribution in [3.63, 3.8) is 0 Å². The van der Waals surface area contributed by atoms with E-state index in [9.17, 15) is 4.79 Å². The zero-order valence-electron chi connectivity index (χ0n) is 39.7. The number of rotatable bonds is 16. The Morgan fingerprint density at radius 2 is 1.76 bits per heavy atom. The number of aromatic nitrogens is 9. The number of carbonyl (C=O) groups excluding carboxylic acids is 1. The molecule has 1 aliphatic heterocycles. The van der Waals surface area contributed by atoms with Crippen LogP contribution in [0.15, 0.2) is 95.9 Å². The molecule has 0 unspecified atom stereocenters. The highest BCUT2D eigenvalue weighted by molar-refractivity contribution is 9.10. The zero-order valence-corrected chi connectivity index (χ0v) is 41.3. The van der Waals surface area contributed by atoms with Crippen LogP contribution in [0.4, 0.5) is 34.9 Å². The Balaban J connectivity index is 1.00. The number of methoxy groups -OCH3 is 1. The SMILES string of the molecule is C=C(Cn1c(CNc2nc(N3C[C@@H](C)N[C@@H](C)C3)nc3c(Br)cnn23)nc2cc(C)ccc21)C(=O)Nc1cc(Nc2nccc(-c3cn(C)c4ccccc34)n2)c(OC)cc1N(C)CCN(C)C. The molecular weight excluding hydrogens is 925 g/mol. The van der Waals surface area contributed by atoms with Gasteiger partial charge in [0, 0.05) is 92.9 Å². The number of anilines is 6. The molecule has 0 saturated carbocycles.